The van der Waals surface area contributed by atoms with E-state index >= 15 is 0 Å². The molecule has 1 aromatic rings. The first-order valence-corrected chi connectivity index (χ1v) is 10.2. The Morgan fingerprint density at radius 2 is 2.07 bits per heavy atom. The molecule has 0 unspecified atom stereocenters. The first-order chi connectivity index (χ1) is 13.2. The highest BCUT2D eigenvalue weighted by atomic mass is 16.5. The number of hydrogen-bond acceptors (Lipinski definition) is 6. The molecule has 1 amide bonds. The normalized spacial score (nSPS) is 21.6. The maximum absolute atomic E-state index is 11.0. The van der Waals surface area contributed by atoms with Crippen LogP contribution >= 0.6 is 0 Å². The van der Waals surface area contributed by atoms with Crippen molar-refractivity contribution in [2.24, 2.45) is 5.92 Å². The third kappa shape index (κ3) is 6.59. The summed E-state index contributed by atoms with van der Waals surface area (Å²) >= 11 is 0. The Morgan fingerprint density at radius 3 is 2.81 bits per heavy atom. The van der Waals surface area contributed by atoms with E-state index in [1.807, 2.05) is 0 Å². The smallest absolute Gasteiger partial charge is 0.267 e. The fourth-order valence-electron chi connectivity index (χ4n) is 4.14. The summed E-state index contributed by atoms with van der Waals surface area (Å²) in [4.78, 5) is 22.1. The van der Waals surface area contributed by atoms with Crippen LogP contribution in [0, 0.1) is 5.92 Å². The van der Waals surface area contributed by atoms with Gasteiger partial charge in [-0.05, 0) is 37.8 Å². The number of nitrogens with one attached hydrogen (secondary N) is 2. The number of amides is 1. The van der Waals surface area contributed by atoms with E-state index in [0.717, 1.165) is 31.2 Å². The van der Waals surface area contributed by atoms with Crippen molar-refractivity contribution in [3.8, 4) is 0 Å². The van der Waals surface area contributed by atoms with Gasteiger partial charge in [0.1, 0.15) is 5.82 Å². The summed E-state index contributed by atoms with van der Waals surface area (Å²) in [7, 11) is 0. The molecule has 1 saturated carbocycles. The molecule has 7 heteroatoms. The molecular formula is C20H31N5O2. The summed E-state index contributed by atoms with van der Waals surface area (Å²) in [6.45, 7) is 3.41. The molecule has 1 aliphatic heterocycles. The van der Waals surface area contributed by atoms with Gasteiger partial charge in [-0.2, -0.15) is 0 Å². The number of likely N-dealkylation sites (tertiary alicyclic amines) is 1. The second-order valence-corrected chi connectivity index (χ2v) is 7.71. The Hall–Kier alpha value is -1.99. The number of aromatic nitrogens is 2. The second-order valence-electron chi connectivity index (χ2n) is 7.71. The summed E-state index contributed by atoms with van der Waals surface area (Å²) in [5.41, 5.74) is 2.11. The summed E-state index contributed by atoms with van der Waals surface area (Å²) in [5.74, 6) is 1.14. The SMILES string of the molecule is O=C(/C=C/c1cnc(N[C@@H]2CCN(CCCC3CCCCC3)C2)cn1)NO. The average molecular weight is 374 g/mol. The fourth-order valence-corrected chi connectivity index (χ4v) is 4.14. The van der Waals surface area contributed by atoms with Crippen molar-refractivity contribution in [2.45, 2.75) is 57.4 Å². The number of nitrogens with zero attached hydrogens (tertiary/aromatic N) is 3. The zero-order valence-electron chi connectivity index (χ0n) is 15.9. The lowest BCUT2D eigenvalue weighted by Gasteiger charge is -2.23. The van der Waals surface area contributed by atoms with E-state index in [0.29, 0.717) is 11.7 Å². The minimum atomic E-state index is -0.589. The first kappa shape index (κ1) is 19.8. The van der Waals surface area contributed by atoms with Gasteiger partial charge < -0.3 is 10.2 Å². The number of hydroxylamine groups is 1. The van der Waals surface area contributed by atoms with E-state index in [2.05, 4.69) is 20.2 Å². The van der Waals surface area contributed by atoms with Gasteiger partial charge in [-0.3, -0.25) is 15.0 Å². The third-order valence-corrected chi connectivity index (χ3v) is 5.62. The van der Waals surface area contributed by atoms with Crippen molar-refractivity contribution in [3.05, 3.63) is 24.2 Å². The van der Waals surface area contributed by atoms with Crippen LogP contribution in [0.1, 0.15) is 57.1 Å². The molecular weight excluding hydrogens is 342 g/mol. The molecule has 7 nitrogen and oxygen atoms in total. The van der Waals surface area contributed by atoms with Crippen molar-refractivity contribution in [3.63, 3.8) is 0 Å². The zero-order chi connectivity index (χ0) is 18.9. The van der Waals surface area contributed by atoms with Gasteiger partial charge in [0, 0.05) is 25.2 Å². The summed E-state index contributed by atoms with van der Waals surface area (Å²) in [6.07, 6.45) is 17.0. The van der Waals surface area contributed by atoms with Gasteiger partial charge in [0.05, 0.1) is 18.1 Å². The van der Waals surface area contributed by atoms with Crippen molar-refractivity contribution in [1.29, 1.82) is 0 Å². The topological polar surface area (TPSA) is 90.4 Å². The number of carbonyl (C=O) groups is 1. The molecule has 2 aliphatic rings. The molecule has 1 aromatic heterocycles. The number of hydrogen-bond donors (Lipinski definition) is 3. The van der Waals surface area contributed by atoms with Crippen LogP contribution in [0.25, 0.3) is 6.08 Å². The fraction of sp³-hybridized carbons (Fsp3) is 0.650. The average Bonchev–Trinajstić information content (AvgIpc) is 3.15. The summed E-state index contributed by atoms with van der Waals surface area (Å²) < 4.78 is 0. The first-order valence-electron chi connectivity index (χ1n) is 10.2. The predicted molar refractivity (Wildman–Crippen MR) is 105 cm³/mol. The maximum Gasteiger partial charge on any atom is 0.267 e. The Bertz CT molecular complexity index is 613. The van der Waals surface area contributed by atoms with Gasteiger partial charge in [-0.25, -0.2) is 10.5 Å². The molecule has 0 radical (unpaired) electrons. The predicted octanol–water partition coefficient (Wildman–Crippen LogP) is 2.84. The van der Waals surface area contributed by atoms with Gasteiger partial charge in [0.15, 0.2) is 0 Å². The molecule has 3 rings (SSSR count). The number of anilines is 1. The molecule has 1 aliphatic carbocycles. The molecule has 1 saturated heterocycles. The second kappa shape index (κ2) is 10.4. The van der Waals surface area contributed by atoms with Crippen LogP contribution in [-0.4, -0.2) is 51.7 Å². The Morgan fingerprint density at radius 1 is 1.22 bits per heavy atom. The molecule has 3 N–H and O–H groups in total. The lowest BCUT2D eigenvalue weighted by atomic mass is 9.86. The number of carbonyl (C=O) groups excluding carboxylic acids is 1. The van der Waals surface area contributed by atoms with E-state index in [1.54, 1.807) is 17.9 Å². The van der Waals surface area contributed by atoms with Crippen LogP contribution in [0.3, 0.4) is 0 Å². The van der Waals surface area contributed by atoms with E-state index < -0.39 is 5.91 Å². The zero-order valence-corrected chi connectivity index (χ0v) is 15.9. The minimum Gasteiger partial charge on any atom is -0.365 e. The third-order valence-electron chi connectivity index (χ3n) is 5.62. The Labute approximate surface area is 161 Å². The van der Waals surface area contributed by atoms with Crippen LogP contribution in [-0.2, 0) is 4.79 Å². The standard InChI is InChI=1S/C20H31N5O2/c26-20(24-27)9-8-17-13-22-19(14-21-17)23-18-10-12-25(15-18)11-4-7-16-5-2-1-3-6-16/h8-9,13-14,16,18,27H,1-7,10-12,15H2,(H,22,23)(H,24,26)/b9-8+/t18-/m1/s1. The highest BCUT2D eigenvalue weighted by molar-refractivity contribution is 5.90. The maximum atomic E-state index is 11.0. The molecule has 2 heterocycles. The quantitative estimate of drug-likeness (QED) is 0.369. The highest BCUT2D eigenvalue weighted by Crippen LogP contribution is 2.27. The van der Waals surface area contributed by atoms with Gasteiger partial charge in [0.2, 0.25) is 0 Å². The monoisotopic (exact) mass is 373 g/mol. The van der Waals surface area contributed by atoms with Crippen LogP contribution < -0.4 is 10.8 Å². The Kier molecular flexibility index (Phi) is 7.59. The Balaban J connectivity index is 1.36. The van der Waals surface area contributed by atoms with Crippen LogP contribution in [0.5, 0.6) is 0 Å². The van der Waals surface area contributed by atoms with Gasteiger partial charge in [0.25, 0.3) is 5.91 Å². The lowest BCUT2D eigenvalue weighted by Crippen LogP contribution is -2.27. The van der Waals surface area contributed by atoms with E-state index in [1.165, 1.54) is 63.6 Å². The molecule has 0 bridgehead atoms. The molecule has 2 fully saturated rings. The van der Waals surface area contributed by atoms with Crippen LogP contribution in [0.2, 0.25) is 0 Å². The summed E-state index contributed by atoms with van der Waals surface area (Å²) in [6, 6.07) is 0.413. The van der Waals surface area contributed by atoms with Gasteiger partial charge in [-0.1, -0.05) is 32.1 Å². The van der Waals surface area contributed by atoms with Crippen molar-refractivity contribution < 1.29 is 10.0 Å². The van der Waals surface area contributed by atoms with Crippen LogP contribution in [0.15, 0.2) is 18.5 Å². The molecule has 27 heavy (non-hydrogen) atoms. The largest absolute Gasteiger partial charge is 0.365 e. The highest BCUT2D eigenvalue weighted by Gasteiger charge is 2.22. The van der Waals surface area contributed by atoms with E-state index in [4.69, 9.17) is 5.21 Å². The van der Waals surface area contributed by atoms with Gasteiger partial charge in [-0.15, -0.1) is 0 Å². The van der Waals surface area contributed by atoms with Gasteiger partial charge >= 0.3 is 0 Å². The van der Waals surface area contributed by atoms with Crippen LogP contribution in [0.4, 0.5) is 5.82 Å². The summed E-state index contributed by atoms with van der Waals surface area (Å²) in [5, 5.41) is 11.9. The van der Waals surface area contributed by atoms with E-state index in [9.17, 15) is 4.79 Å². The van der Waals surface area contributed by atoms with Crippen molar-refractivity contribution in [2.75, 3.05) is 25.0 Å². The molecule has 0 aromatic carbocycles. The van der Waals surface area contributed by atoms with E-state index in [-0.39, 0.29) is 0 Å². The lowest BCUT2D eigenvalue weighted by molar-refractivity contribution is -0.124. The number of rotatable bonds is 8. The molecule has 1 atom stereocenters. The van der Waals surface area contributed by atoms with Crippen molar-refractivity contribution >= 4 is 17.8 Å². The van der Waals surface area contributed by atoms with Crippen molar-refractivity contribution in [1.82, 2.24) is 20.3 Å². The minimum absolute atomic E-state index is 0.413. The molecule has 148 valence electrons. The molecule has 0 spiro atoms.